The van der Waals surface area contributed by atoms with Crippen LogP contribution in [0.1, 0.15) is 6.92 Å². The zero-order chi connectivity index (χ0) is 7.86. The predicted molar refractivity (Wildman–Crippen MR) is 38.5 cm³/mol. The molecule has 0 aliphatic carbocycles. The summed E-state index contributed by atoms with van der Waals surface area (Å²) in [6.07, 6.45) is 1.49. The second-order valence-electron chi connectivity index (χ2n) is 1.17. The quantitative estimate of drug-likeness (QED) is 0.578. The van der Waals surface area contributed by atoms with Gasteiger partial charge in [-0.05, 0) is 0 Å². The molecule has 0 radical (unpaired) electrons. The van der Waals surface area contributed by atoms with Gasteiger partial charge >= 0.3 is 0 Å². The van der Waals surface area contributed by atoms with E-state index in [4.69, 9.17) is 21.5 Å². The highest BCUT2D eigenvalue weighted by Crippen LogP contribution is 1.92. The summed E-state index contributed by atoms with van der Waals surface area (Å²) >= 11 is 5.15. The van der Waals surface area contributed by atoms with Crippen molar-refractivity contribution in [3.05, 3.63) is 24.3 Å². The molecule has 2 nitrogen and oxygen atoms in total. The molecule has 0 aliphatic rings. The number of hydrogen-bond acceptors (Lipinski definition) is 1. The Morgan fingerprint density at radius 3 is 1.89 bits per heavy atom. The first kappa shape index (κ1) is 11.1. The molecule has 52 valence electrons. The molecule has 0 saturated heterocycles. The van der Waals surface area contributed by atoms with Gasteiger partial charge in [0, 0.05) is 12.0 Å². The van der Waals surface area contributed by atoms with Crippen LogP contribution in [0.2, 0.25) is 0 Å². The second kappa shape index (κ2) is 7.24. The maximum atomic E-state index is 9.00. The molecular formula is C6H9ClO2. The molecule has 0 heterocycles. The summed E-state index contributed by atoms with van der Waals surface area (Å²) < 4.78 is 0. The standard InChI is InChI=1S/C4H5Cl.C2H4O2/c1-3-4(2)5;1-2(3)4/h3H,1-2H2;1H3,(H,3,4). The molecule has 0 amide bonds. The van der Waals surface area contributed by atoms with E-state index in [1.165, 1.54) is 6.08 Å². The Balaban J connectivity index is 0. The van der Waals surface area contributed by atoms with E-state index in [9.17, 15) is 0 Å². The van der Waals surface area contributed by atoms with E-state index < -0.39 is 5.97 Å². The van der Waals surface area contributed by atoms with Crippen molar-refractivity contribution in [2.24, 2.45) is 0 Å². The minimum absolute atomic E-state index is 0.491. The van der Waals surface area contributed by atoms with Gasteiger partial charge in [-0.2, -0.15) is 0 Å². The van der Waals surface area contributed by atoms with Crippen molar-refractivity contribution in [3.8, 4) is 0 Å². The SMILES string of the molecule is C=CC(=C)Cl.CC(=O)O. The number of rotatable bonds is 1. The molecule has 0 fully saturated rings. The average Bonchev–Trinajstić information content (AvgIpc) is 1.65. The lowest BCUT2D eigenvalue weighted by Crippen LogP contribution is -1.78. The normalized spacial score (nSPS) is 6.44. The number of carboxylic acid groups (broad SMARTS) is 1. The van der Waals surface area contributed by atoms with Crippen LogP contribution in [0.3, 0.4) is 0 Å². The molecule has 0 unspecified atom stereocenters. The van der Waals surface area contributed by atoms with Crippen LogP contribution in [-0.4, -0.2) is 11.1 Å². The zero-order valence-corrected chi connectivity index (χ0v) is 5.98. The Hall–Kier alpha value is -0.760. The van der Waals surface area contributed by atoms with E-state index in [1.807, 2.05) is 0 Å². The van der Waals surface area contributed by atoms with E-state index in [0.29, 0.717) is 5.03 Å². The van der Waals surface area contributed by atoms with Crippen LogP contribution in [-0.2, 0) is 4.79 Å². The first-order valence-corrected chi connectivity index (χ1v) is 2.55. The first-order valence-electron chi connectivity index (χ1n) is 2.17. The van der Waals surface area contributed by atoms with Gasteiger partial charge in [-0.3, -0.25) is 4.79 Å². The van der Waals surface area contributed by atoms with Crippen molar-refractivity contribution in [2.45, 2.75) is 6.92 Å². The van der Waals surface area contributed by atoms with Crippen LogP contribution < -0.4 is 0 Å². The molecule has 9 heavy (non-hydrogen) atoms. The fourth-order valence-electron chi connectivity index (χ4n) is 0. The highest BCUT2D eigenvalue weighted by Gasteiger charge is 1.65. The minimum atomic E-state index is -0.833. The van der Waals surface area contributed by atoms with Crippen molar-refractivity contribution in [1.29, 1.82) is 0 Å². The molecule has 0 saturated carbocycles. The summed E-state index contributed by atoms with van der Waals surface area (Å²) in [6, 6.07) is 0. The van der Waals surface area contributed by atoms with Crippen LogP contribution >= 0.6 is 11.6 Å². The number of halogens is 1. The third-order valence-electron chi connectivity index (χ3n) is 0.221. The molecule has 1 N–H and O–H groups in total. The number of hydrogen-bond donors (Lipinski definition) is 1. The van der Waals surface area contributed by atoms with Crippen LogP contribution in [0.25, 0.3) is 0 Å². The van der Waals surface area contributed by atoms with Crippen LogP contribution in [0, 0.1) is 0 Å². The Morgan fingerprint density at radius 2 is 1.89 bits per heavy atom. The largest absolute Gasteiger partial charge is 0.481 e. The van der Waals surface area contributed by atoms with Crippen LogP contribution in [0.5, 0.6) is 0 Å². The monoisotopic (exact) mass is 148 g/mol. The lowest BCUT2D eigenvalue weighted by atomic mass is 10.6. The van der Waals surface area contributed by atoms with Gasteiger partial charge in [0.15, 0.2) is 0 Å². The number of aliphatic carboxylic acids is 1. The van der Waals surface area contributed by atoms with Gasteiger partial charge in [-0.15, -0.1) is 0 Å². The Bertz CT molecular complexity index is 114. The lowest BCUT2D eigenvalue weighted by molar-refractivity contribution is -0.134. The van der Waals surface area contributed by atoms with Crippen molar-refractivity contribution in [1.82, 2.24) is 0 Å². The molecule has 0 rings (SSSR count). The van der Waals surface area contributed by atoms with Gasteiger partial charge < -0.3 is 5.11 Å². The average molecular weight is 149 g/mol. The molecule has 0 aromatic rings. The lowest BCUT2D eigenvalue weighted by Gasteiger charge is -1.67. The van der Waals surface area contributed by atoms with Crippen LogP contribution in [0.4, 0.5) is 0 Å². The van der Waals surface area contributed by atoms with Gasteiger partial charge in [-0.1, -0.05) is 30.8 Å². The summed E-state index contributed by atoms with van der Waals surface area (Å²) in [7, 11) is 0. The topological polar surface area (TPSA) is 37.3 Å². The summed E-state index contributed by atoms with van der Waals surface area (Å²) in [5.41, 5.74) is 0. The van der Waals surface area contributed by atoms with Crippen molar-refractivity contribution in [2.75, 3.05) is 0 Å². The minimum Gasteiger partial charge on any atom is -0.481 e. The molecule has 3 heteroatoms. The van der Waals surface area contributed by atoms with E-state index in [1.54, 1.807) is 0 Å². The van der Waals surface area contributed by atoms with Gasteiger partial charge in [0.25, 0.3) is 5.97 Å². The van der Waals surface area contributed by atoms with E-state index in [2.05, 4.69) is 13.2 Å². The maximum absolute atomic E-state index is 9.00. The molecule has 0 aromatic heterocycles. The molecule has 0 atom stereocenters. The molecule has 0 bridgehead atoms. The van der Waals surface area contributed by atoms with E-state index in [0.717, 1.165) is 6.92 Å². The summed E-state index contributed by atoms with van der Waals surface area (Å²) in [5, 5.41) is 7.91. The summed E-state index contributed by atoms with van der Waals surface area (Å²) in [6.45, 7) is 7.73. The Kier molecular flexibility index (Phi) is 8.92. The Morgan fingerprint density at radius 1 is 1.78 bits per heavy atom. The van der Waals surface area contributed by atoms with Crippen LogP contribution in [0.15, 0.2) is 24.3 Å². The molecule has 0 spiro atoms. The molecular weight excluding hydrogens is 140 g/mol. The van der Waals surface area contributed by atoms with Gasteiger partial charge in [0.1, 0.15) is 0 Å². The van der Waals surface area contributed by atoms with E-state index in [-0.39, 0.29) is 0 Å². The summed E-state index contributed by atoms with van der Waals surface area (Å²) in [4.78, 5) is 9.00. The number of carbonyl (C=O) groups is 1. The van der Waals surface area contributed by atoms with Gasteiger partial charge in [-0.25, -0.2) is 0 Å². The fourth-order valence-corrected chi connectivity index (χ4v) is 0. The third-order valence-corrected chi connectivity index (χ3v) is 0.376. The highest BCUT2D eigenvalue weighted by atomic mass is 35.5. The maximum Gasteiger partial charge on any atom is 0.300 e. The van der Waals surface area contributed by atoms with Crippen molar-refractivity contribution >= 4 is 17.6 Å². The smallest absolute Gasteiger partial charge is 0.300 e. The highest BCUT2D eigenvalue weighted by molar-refractivity contribution is 6.30. The fraction of sp³-hybridized carbons (Fsp3) is 0.167. The second-order valence-corrected chi connectivity index (χ2v) is 1.66. The predicted octanol–water partition coefficient (Wildman–Crippen LogP) is 2.02. The van der Waals surface area contributed by atoms with E-state index >= 15 is 0 Å². The first-order chi connectivity index (χ1) is 4.00. The zero-order valence-electron chi connectivity index (χ0n) is 5.22. The summed E-state index contributed by atoms with van der Waals surface area (Å²) in [5.74, 6) is -0.833. The van der Waals surface area contributed by atoms with Crippen molar-refractivity contribution < 1.29 is 9.90 Å². The van der Waals surface area contributed by atoms with Gasteiger partial charge in [0.05, 0.1) is 0 Å². The molecule has 0 aliphatic heterocycles. The Labute approximate surface area is 59.4 Å². The van der Waals surface area contributed by atoms with Crippen molar-refractivity contribution in [3.63, 3.8) is 0 Å². The number of carboxylic acids is 1. The molecule has 0 aromatic carbocycles. The number of allylic oxidation sites excluding steroid dienone is 2. The third kappa shape index (κ3) is 129. The van der Waals surface area contributed by atoms with Gasteiger partial charge in [0.2, 0.25) is 0 Å².